The van der Waals surface area contributed by atoms with Crippen molar-refractivity contribution in [3.63, 3.8) is 0 Å². The van der Waals surface area contributed by atoms with Crippen LogP contribution >= 0.6 is 24.0 Å². The van der Waals surface area contributed by atoms with Crippen molar-refractivity contribution in [1.29, 1.82) is 0 Å². The summed E-state index contributed by atoms with van der Waals surface area (Å²) in [5.74, 6) is 1.83. The number of aliphatic imine (C=N–C) groups is 1. The molecule has 0 bridgehead atoms. The van der Waals surface area contributed by atoms with Gasteiger partial charge in [0.1, 0.15) is 0 Å². The zero-order valence-corrected chi connectivity index (χ0v) is 17.5. The van der Waals surface area contributed by atoms with Crippen molar-refractivity contribution < 1.29 is 0 Å². The predicted molar refractivity (Wildman–Crippen MR) is 114 cm³/mol. The highest BCUT2D eigenvalue weighted by Crippen LogP contribution is 2.15. The first-order valence-corrected chi connectivity index (χ1v) is 9.06. The van der Waals surface area contributed by atoms with Gasteiger partial charge in [-0.1, -0.05) is 37.3 Å². The highest BCUT2D eigenvalue weighted by molar-refractivity contribution is 14.0. The standard InChI is InChI=1S/C19H32N4.HI/c1-3-20-19(22-16-18-8-5-4-6-9-18)21-12-7-13-23-14-10-17(2)11-15-23;/h4-6,8-9,17H,3,7,10-16H2,1-2H3,(H2,20,21,22);1H. The molecule has 2 rings (SSSR count). The maximum absolute atomic E-state index is 4.66. The molecular formula is C19H33IN4. The van der Waals surface area contributed by atoms with Gasteiger partial charge < -0.3 is 15.5 Å². The monoisotopic (exact) mass is 444 g/mol. The van der Waals surface area contributed by atoms with E-state index in [1.807, 2.05) is 6.07 Å². The molecule has 1 aliphatic rings. The third-order valence-electron chi connectivity index (χ3n) is 4.43. The van der Waals surface area contributed by atoms with Crippen molar-refractivity contribution in [1.82, 2.24) is 15.5 Å². The Hall–Kier alpha value is -0.820. The number of likely N-dealkylation sites (tertiary alicyclic amines) is 1. The topological polar surface area (TPSA) is 39.7 Å². The molecule has 1 aromatic carbocycles. The van der Waals surface area contributed by atoms with Crippen LogP contribution in [0.5, 0.6) is 0 Å². The summed E-state index contributed by atoms with van der Waals surface area (Å²) < 4.78 is 0. The van der Waals surface area contributed by atoms with Crippen molar-refractivity contribution in [2.24, 2.45) is 10.9 Å². The van der Waals surface area contributed by atoms with Gasteiger partial charge in [0, 0.05) is 13.1 Å². The summed E-state index contributed by atoms with van der Waals surface area (Å²) in [7, 11) is 0. The van der Waals surface area contributed by atoms with E-state index in [4.69, 9.17) is 0 Å². The van der Waals surface area contributed by atoms with Crippen LogP contribution < -0.4 is 10.6 Å². The van der Waals surface area contributed by atoms with Crippen molar-refractivity contribution in [3.05, 3.63) is 35.9 Å². The molecule has 4 nitrogen and oxygen atoms in total. The van der Waals surface area contributed by atoms with Gasteiger partial charge in [-0.05, 0) is 57.3 Å². The summed E-state index contributed by atoms with van der Waals surface area (Å²) in [5.41, 5.74) is 1.24. The normalized spacial score (nSPS) is 16.5. The number of rotatable bonds is 7. The number of hydrogen-bond donors (Lipinski definition) is 2. The van der Waals surface area contributed by atoms with Gasteiger partial charge in [0.2, 0.25) is 0 Å². The number of nitrogens with one attached hydrogen (secondary N) is 2. The van der Waals surface area contributed by atoms with E-state index in [2.05, 4.69) is 58.6 Å². The second-order valence-electron chi connectivity index (χ2n) is 6.49. The minimum Gasteiger partial charge on any atom is -0.357 e. The highest BCUT2D eigenvalue weighted by Gasteiger charge is 2.14. The fraction of sp³-hybridized carbons (Fsp3) is 0.632. The number of benzene rings is 1. The number of halogens is 1. The van der Waals surface area contributed by atoms with Gasteiger partial charge in [-0.3, -0.25) is 0 Å². The van der Waals surface area contributed by atoms with E-state index in [1.54, 1.807) is 0 Å². The molecule has 0 amide bonds. The largest absolute Gasteiger partial charge is 0.357 e. The van der Waals surface area contributed by atoms with Gasteiger partial charge >= 0.3 is 0 Å². The minimum absolute atomic E-state index is 0. The zero-order valence-electron chi connectivity index (χ0n) is 15.1. The first-order chi connectivity index (χ1) is 11.3. The molecule has 0 unspecified atom stereocenters. The Kier molecular flexibility index (Phi) is 11.1. The van der Waals surface area contributed by atoms with E-state index in [-0.39, 0.29) is 24.0 Å². The molecule has 2 N–H and O–H groups in total. The molecule has 1 saturated heterocycles. The second kappa shape index (κ2) is 12.5. The molecule has 0 atom stereocenters. The molecule has 136 valence electrons. The predicted octanol–water partition coefficient (Wildman–Crippen LogP) is 3.48. The molecule has 0 saturated carbocycles. The molecule has 5 heteroatoms. The van der Waals surface area contributed by atoms with Crippen molar-refractivity contribution in [2.45, 2.75) is 39.7 Å². The highest BCUT2D eigenvalue weighted by atomic mass is 127. The zero-order chi connectivity index (χ0) is 16.3. The smallest absolute Gasteiger partial charge is 0.191 e. The molecule has 1 fully saturated rings. The van der Waals surface area contributed by atoms with Crippen LogP contribution in [0.15, 0.2) is 35.3 Å². The summed E-state index contributed by atoms with van der Waals surface area (Å²) in [6.45, 7) is 10.8. The van der Waals surface area contributed by atoms with Crippen molar-refractivity contribution in [3.8, 4) is 0 Å². The Morgan fingerprint density at radius 1 is 1.17 bits per heavy atom. The van der Waals surface area contributed by atoms with Gasteiger partial charge in [-0.25, -0.2) is 4.99 Å². The summed E-state index contributed by atoms with van der Waals surface area (Å²) in [5, 5.41) is 6.77. The van der Waals surface area contributed by atoms with Crippen LogP contribution in [-0.2, 0) is 6.54 Å². The van der Waals surface area contributed by atoms with Crippen LogP contribution in [0.1, 0.15) is 38.7 Å². The van der Waals surface area contributed by atoms with E-state index in [0.29, 0.717) is 0 Å². The number of piperidine rings is 1. The summed E-state index contributed by atoms with van der Waals surface area (Å²) in [6, 6.07) is 10.4. The fourth-order valence-corrected chi connectivity index (χ4v) is 2.89. The third-order valence-corrected chi connectivity index (χ3v) is 4.43. The molecule has 0 aromatic heterocycles. The van der Waals surface area contributed by atoms with Gasteiger partial charge in [-0.2, -0.15) is 0 Å². The van der Waals surface area contributed by atoms with E-state index in [0.717, 1.165) is 31.5 Å². The average Bonchev–Trinajstić information content (AvgIpc) is 2.59. The van der Waals surface area contributed by atoms with E-state index in [1.165, 1.54) is 44.5 Å². The molecule has 0 aliphatic carbocycles. The molecular weight excluding hydrogens is 411 g/mol. The summed E-state index contributed by atoms with van der Waals surface area (Å²) in [4.78, 5) is 7.25. The Bertz CT molecular complexity index is 456. The lowest BCUT2D eigenvalue weighted by Gasteiger charge is -2.30. The molecule has 1 aliphatic heterocycles. The van der Waals surface area contributed by atoms with Crippen LogP contribution in [-0.4, -0.2) is 43.6 Å². The van der Waals surface area contributed by atoms with Gasteiger partial charge in [0.25, 0.3) is 0 Å². The molecule has 1 heterocycles. The molecule has 1 aromatic rings. The van der Waals surface area contributed by atoms with Crippen molar-refractivity contribution in [2.75, 3.05) is 32.7 Å². The lowest BCUT2D eigenvalue weighted by molar-refractivity contribution is 0.191. The van der Waals surface area contributed by atoms with Crippen LogP contribution in [0.2, 0.25) is 0 Å². The molecule has 0 radical (unpaired) electrons. The van der Waals surface area contributed by atoms with E-state index >= 15 is 0 Å². The third kappa shape index (κ3) is 8.33. The Balaban J connectivity index is 0.00000288. The SMILES string of the molecule is CCNC(=NCc1ccccc1)NCCCN1CCC(C)CC1.I. The van der Waals surface area contributed by atoms with Crippen molar-refractivity contribution >= 4 is 29.9 Å². The Morgan fingerprint density at radius 2 is 1.88 bits per heavy atom. The lowest BCUT2D eigenvalue weighted by Crippen LogP contribution is -2.39. The number of hydrogen-bond acceptors (Lipinski definition) is 2. The maximum atomic E-state index is 4.66. The lowest BCUT2D eigenvalue weighted by atomic mass is 9.99. The summed E-state index contributed by atoms with van der Waals surface area (Å²) >= 11 is 0. The first-order valence-electron chi connectivity index (χ1n) is 9.06. The maximum Gasteiger partial charge on any atom is 0.191 e. The van der Waals surface area contributed by atoms with Crippen LogP contribution in [0.3, 0.4) is 0 Å². The number of nitrogens with zero attached hydrogens (tertiary/aromatic N) is 2. The van der Waals surface area contributed by atoms with E-state index in [9.17, 15) is 0 Å². The Morgan fingerprint density at radius 3 is 2.54 bits per heavy atom. The quantitative estimate of drug-likeness (QED) is 0.293. The first kappa shape index (κ1) is 21.2. The fourth-order valence-electron chi connectivity index (χ4n) is 2.89. The van der Waals surface area contributed by atoms with Crippen LogP contribution in [0, 0.1) is 5.92 Å². The van der Waals surface area contributed by atoms with Gasteiger partial charge in [0.05, 0.1) is 6.54 Å². The van der Waals surface area contributed by atoms with Crippen LogP contribution in [0.25, 0.3) is 0 Å². The van der Waals surface area contributed by atoms with Gasteiger partial charge in [0.15, 0.2) is 5.96 Å². The Labute approximate surface area is 164 Å². The average molecular weight is 444 g/mol. The molecule has 0 spiro atoms. The number of guanidine groups is 1. The van der Waals surface area contributed by atoms with Gasteiger partial charge in [-0.15, -0.1) is 24.0 Å². The molecule has 24 heavy (non-hydrogen) atoms. The van der Waals surface area contributed by atoms with E-state index < -0.39 is 0 Å². The van der Waals surface area contributed by atoms with Crippen LogP contribution in [0.4, 0.5) is 0 Å². The summed E-state index contributed by atoms with van der Waals surface area (Å²) in [6.07, 6.45) is 3.88. The minimum atomic E-state index is 0. The second-order valence-corrected chi connectivity index (χ2v) is 6.49.